The SMILES string of the molecule is CC(N)C(c1ccc(Br)s1)N1CCSCC1S(C)(=O)=O. The number of rotatable bonds is 4. The van der Waals surface area contributed by atoms with Gasteiger partial charge in [0.05, 0.1) is 9.83 Å². The zero-order chi connectivity index (χ0) is 14.9. The van der Waals surface area contributed by atoms with Crippen LogP contribution in [-0.4, -0.2) is 49.0 Å². The minimum Gasteiger partial charge on any atom is -0.326 e. The van der Waals surface area contributed by atoms with Crippen LogP contribution >= 0.6 is 39.0 Å². The second kappa shape index (κ2) is 6.66. The topological polar surface area (TPSA) is 63.4 Å². The van der Waals surface area contributed by atoms with E-state index in [0.29, 0.717) is 5.75 Å². The van der Waals surface area contributed by atoms with E-state index in [1.54, 1.807) is 23.1 Å². The molecule has 0 aliphatic carbocycles. The summed E-state index contributed by atoms with van der Waals surface area (Å²) in [7, 11) is -3.11. The molecule has 1 aromatic rings. The van der Waals surface area contributed by atoms with Gasteiger partial charge in [0.15, 0.2) is 9.84 Å². The molecule has 3 atom stereocenters. The third-order valence-corrected chi connectivity index (χ3v) is 7.71. The number of sulfone groups is 1. The van der Waals surface area contributed by atoms with Crippen LogP contribution in [0.4, 0.5) is 0 Å². The van der Waals surface area contributed by atoms with Gasteiger partial charge >= 0.3 is 0 Å². The zero-order valence-electron chi connectivity index (χ0n) is 11.5. The Morgan fingerprint density at radius 3 is 2.70 bits per heavy atom. The van der Waals surface area contributed by atoms with Crippen molar-refractivity contribution in [3.05, 3.63) is 20.8 Å². The monoisotopic (exact) mass is 398 g/mol. The first-order valence-corrected chi connectivity index (χ1v) is 11.1. The molecule has 0 bridgehead atoms. The highest BCUT2D eigenvalue weighted by Gasteiger charge is 2.38. The molecule has 1 saturated heterocycles. The average molecular weight is 399 g/mol. The molecule has 0 spiro atoms. The zero-order valence-corrected chi connectivity index (χ0v) is 15.5. The van der Waals surface area contributed by atoms with Crippen molar-refractivity contribution in [1.29, 1.82) is 0 Å². The molecule has 0 amide bonds. The Morgan fingerprint density at radius 2 is 2.20 bits per heavy atom. The van der Waals surface area contributed by atoms with E-state index in [1.165, 1.54) is 6.26 Å². The number of halogens is 1. The molecule has 1 aliphatic rings. The van der Waals surface area contributed by atoms with Gasteiger partial charge in [0.25, 0.3) is 0 Å². The second-order valence-electron chi connectivity index (χ2n) is 5.04. The third kappa shape index (κ3) is 3.78. The number of thiophene rings is 1. The lowest BCUT2D eigenvalue weighted by Crippen LogP contribution is -2.52. The van der Waals surface area contributed by atoms with Gasteiger partial charge in [-0.1, -0.05) is 0 Å². The lowest BCUT2D eigenvalue weighted by molar-refractivity contribution is 0.175. The van der Waals surface area contributed by atoms with Gasteiger partial charge in [0.1, 0.15) is 5.37 Å². The highest BCUT2D eigenvalue weighted by atomic mass is 79.9. The summed E-state index contributed by atoms with van der Waals surface area (Å²) in [4.78, 5) is 3.18. The number of nitrogens with zero attached hydrogens (tertiary/aromatic N) is 1. The predicted molar refractivity (Wildman–Crippen MR) is 91.1 cm³/mol. The maximum Gasteiger partial charge on any atom is 0.164 e. The van der Waals surface area contributed by atoms with Gasteiger partial charge in [0, 0.05) is 35.2 Å². The lowest BCUT2D eigenvalue weighted by atomic mass is 10.1. The molecule has 2 N–H and O–H groups in total. The fraction of sp³-hybridized carbons (Fsp3) is 0.667. The molecule has 1 fully saturated rings. The molecule has 0 aromatic carbocycles. The van der Waals surface area contributed by atoms with Crippen LogP contribution in [0.1, 0.15) is 17.8 Å². The molecule has 1 aliphatic heterocycles. The van der Waals surface area contributed by atoms with Crippen LogP contribution < -0.4 is 5.73 Å². The van der Waals surface area contributed by atoms with Gasteiger partial charge in [-0.15, -0.1) is 11.3 Å². The number of nitrogens with two attached hydrogens (primary N) is 1. The van der Waals surface area contributed by atoms with E-state index in [-0.39, 0.29) is 12.1 Å². The van der Waals surface area contributed by atoms with Crippen molar-refractivity contribution in [3.63, 3.8) is 0 Å². The van der Waals surface area contributed by atoms with Crippen LogP contribution in [0.2, 0.25) is 0 Å². The minimum absolute atomic E-state index is 0.0491. The van der Waals surface area contributed by atoms with Crippen molar-refractivity contribution in [2.45, 2.75) is 24.4 Å². The normalized spacial score (nSPS) is 24.5. The van der Waals surface area contributed by atoms with Crippen LogP contribution in [0.3, 0.4) is 0 Å². The Labute approximate surface area is 137 Å². The minimum atomic E-state index is -3.11. The summed E-state index contributed by atoms with van der Waals surface area (Å²) < 4.78 is 25.2. The van der Waals surface area contributed by atoms with Gasteiger partial charge in [-0.25, -0.2) is 8.42 Å². The summed E-state index contributed by atoms with van der Waals surface area (Å²) in [6, 6.07) is 3.85. The molecule has 8 heteroatoms. The van der Waals surface area contributed by atoms with E-state index in [0.717, 1.165) is 21.0 Å². The summed E-state index contributed by atoms with van der Waals surface area (Å²) in [5.41, 5.74) is 6.16. The maximum absolute atomic E-state index is 12.1. The molecule has 20 heavy (non-hydrogen) atoms. The first-order chi connectivity index (χ1) is 9.30. The first-order valence-electron chi connectivity index (χ1n) is 6.34. The van der Waals surface area contributed by atoms with Gasteiger partial charge < -0.3 is 5.73 Å². The van der Waals surface area contributed by atoms with E-state index < -0.39 is 15.2 Å². The molecule has 0 saturated carbocycles. The van der Waals surface area contributed by atoms with Gasteiger partial charge in [-0.2, -0.15) is 11.8 Å². The fourth-order valence-electron chi connectivity index (χ4n) is 2.49. The summed E-state index contributed by atoms with van der Waals surface area (Å²) >= 11 is 6.78. The highest BCUT2D eigenvalue weighted by Crippen LogP contribution is 2.36. The van der Waals surface area contributed by atoms with Gasteiger partial charge in [0.2, 0.25) is 0 Å². The Bertz CT molecular complexity index is 559. The van der Waals surface area contributed by atoms with Crippen LogP contribution in [0.5, 0.6) is 0 Å². The molecule has 1 aromatic heterocycles. The van der Waals surface area contributed by atoms with Crippen LogP contribution in [0, 0.1) is 0 Å². The maximum atomic E-state index is 12.1. The van der Waals surface area contributed by atoms with Crippen molar-refractivity contribution < 1.29 is 8.42 Å². The molecular weight excluding hydrogens is 380 g/mol. The van der Waals surface area contributed by atoms with Crippen molar-refractivity contribution in [1.82, 2.24) is 4.90 Å². The van der Waals surface area contributed by atoms with Crippen molar-refractivity contribution in [2.24, 2.45) is 5.73 Å². The number of hydrogen-bond donors (Lipinski definition) is 1. The summed E-state index contributed by atoms with van der Waals surface area (Å²) in [6.07, 6.45) is 1.32. The molecule has 4 nitrogen and oxygen atoms in total. The molecule has 2 heterocycles. The van der Waals surface area contributed by atoms with E-state index in [4.69, 9.17) is 5.73 Å². The molecule has 2 rings (SSSR count). The summed E-state index contributed by atoms with van der Waals surface area (Å²) in [6.45, 7) is 2.70. The van der Waals surface area contributed by atoms with Crippen LogP contribution in [0.25, 0.3) is 0 Å². The largest absolute Gasteiger partial charge is 0.326 e. The molecule has 3 unspecified atom stereocenters. The first kappa shape index (κ1) is 16.8. The molecular formula is C12H19BrN2O2S3. The fourth-order valence-corrected chi connectivity index (χ4v) is 7.06. The Hall–Kier alpha value is 0.400. The number of hydrogen-bond acceptors (Lipinski definition) is 6. The standard InChI is InChI=1S/C12H19BrN2O2S3/c1-8(14)12(9-3-4-10(13)19-9)15-5-6-18-7-11(15)20(2,16)17/h3-4,8,11-12H,5-7,14H2,1-2H3. The second-order valence-corrected chi connectivity index (χ2v) is 10.9. The third-order valence-electron chi connectivity index (χ3n) is 3.36. The summed E-state index contributed by atoms with van der Waals surface area (Å²) in [5, 5.41) is -0.446. The van der Waals surface area contributed by atoms with Crippen LogP contribution in [-0.2, 0) is 9.84 Å². The van der Waals surface area contributed by atoms with E-state index in [9.17, 15) is 8.42 Å². The van der Waals surface area contributed by atoms with E-state index in [2.05, 4.69) is 20.8 Å². The van der Waals surface area contributed by atoms with Gasteiger partial charge in [-0.3, -0.25) is 4.90 Å². The Kier molecular flexibility index (Phi) is 5.58. The van der Waals surface area contributed by atoms with Crippen molar-refractivity contribution in [2.75, 3.05) is 24.3 Å². The van der Waals surface area contributed by atoms with Crippen molar-refractivity contribution in [3.8, 4) is 0 Å². The lowest BCUT2D eigenvalue weighted by Gasteiger charge is -2.41. The number of thioether (sulfide) groups is 1. The highest BCUT2D eigenvalue weighted by molar-refractivity contribution is 9.11. The van der Waals surface area contributed by atoms with E-state index in [1.807, 2.05) is 19.1 Å². The Morgan fingerprint density at radius 1 is 1.50 bits per heavy atom. The van der Waals surface area contributed by atoms with Crippen molar-refractivity contribution >= 4 is 48.9 Å². The van der Waals surface area contributed by atoms with E-state index >= 15 is 0 Å². The molecule has 114 valence electrons. The smallest absolute Gasteiger partial charge is 0.164 e. The summed E-state index contributed by atoms with van der Waals surface area (Å²) in [5.74, 6) is 1.57. The predicted octanol–water partition coefficient (Wildman–Crippen LogP) is 2.32. The average Bonchev–Trinajstić information content (AvgIpc) is 2.75. The van der Waals surface area contributed by atoms with Crippen LogP contribution in [0.15, 0.2) is 15.9 Å². The van der Waals surface area contributed by atoms with Gasteiger partial charge in [-0.05, 0) is 35.0 Å². The molecule has 0 radical (unpaired) electrons. The Balaban J connectivity index is 2.36. The quantitative estimate of drug-likeness (QED) is 0.842.